The highest BCUT2D eigenvalue weighted by atomic mass is 19.1. The quantitative estimate of drug-likeness (QED) is 0.932. The second kappa shape index (κ2) is 6.13. The number of hydrogen-bond donors (Lipinski definition) is 1. The molecule has 0 bridgehead atoms. The zero-order valence-corrected chi connectivity index (χ0v) is 11.4. The maximum Gasteiger partial charge on any atom is 0.123 e. The number of benzene rings is 1. The fourth-order valence-electron chi connectivity index (χ4n) is 2.89. The second-order valence-corrected chi connectivity index (χ2v) is 5.32. The fraction of sp³-hybridized carbons (Fsp3) is 0.467. The SMILES string of the molecule is Fc1ccc(CCN2CCCCC2c2cn[nH]n2)cc1. The third kappa shape index (κ3) is 3.04. The average Bonchev–Trinajstić information content (AvgIpc) is 3.01. The van der Waals surface area contributed by atoms with E-state index in [2.05, 4.69) is 20.3 Å². The molecule has 20 heavy (non-hydrogen) atoms. The third-order valence-electron chi connectivity index (χ3n) is 3.99. The molecule has 3 rings (SSSR count). The van der Waals surface area contributed by atoms with Crippen molar-refractivity contribution in [2.24, 2.45) is 0 Å². The molecule has 0 spiro atoms. The molecule has 1 N–H and O–H groups in total. The van der Waals surface area contributed by atoms with Crippen LogP contribution in [0.3, 0.4) is 0 Å². The van der Waals surface area contributed by atoms with E-state index in [1.165, 1.54) is 30.5 Å². The Balaban J connectivity index is 1.64. The van der Waals surface area contributed by atoms with Gasteiger partial charge in [-0.2, -0.15) is 15.4 Å². The van der Waals surface area contributed by atoms with Gasteiger partial charge in [0.25, 0.3) is 0 Å². The maximum atomic E-state index is 12.9. The van der Waals surface area contributed by atoms with Crippen molar-refractivity contribution in [1.29, 1.82) is 0 Å². The van der Waals surface area contributed by atoms with E-state index in [4.69, 9.17) is 0 Å². The van der Waals surface area contributed by atoms with Gasteiger partial charge in [-0.15, -0.1) is 0 Å². The molecule has 1 saturated heterocycles. The smallest absolute Gasteiger partial charge is 0.123 e. The zero-order valence-electron chi connectivity index (χ0n) is 11.4. The molecule has 5 heteroatoms. The number of likely N-dealkylation sites (tertiary alicyclic amines) is 1. The van der Waals surface area contributed by atoms with Gasteiger partial charge in [0.05, 0.1) is 17.9 Å². The summed E-state index contributed by atoms with van der Waals surface area (Å²) in [4.78, 5) is 2.46. The molecule has 0 aliphatic carbocycles. The number of nitrogens with one attached hydrogen (secondary N) is 1. The number of piperidine rings is 1. The van der Waals surface area contributed by atoms with E-state index in [0.29, 0.717) is 6.04 Å². The Morgan fingerprint density at radius 2 is 2.10 bits per heavy atom. The standard InChI is InChI=1S/C15H19FN4/c16-13-6-4-12(5-7-13)8-10-20-9-2-1-3-15(20)14-11-17-19-18-14/h4-7,11,15H,1-3,8-10H2,(H,17,18,19). The lowest BCUT2D eigenvalue weighted by Crippen LogP contribution is -2.35. The van der Waals surface area contributed by atoms with Crippen LogP contribution in [0.15, 0.2) is 30.5 Å². The molecule has 4 nitrogen and oxygen atoms in total. The molecule has 1 aliphatic heterocycles. The summed E-state index contributed by atoms with van der Waals surface area (Å²) in [5, 5.41) is 10.8. The number of halogens is 1. The van der Waals surface area contributed by atoms with Gasteiger partial charge in [-0.3, -0.25) is 4.90 Å². The highest BCUT2D eigenvalue weighted by Crippen LogP contribution is 2.29. The monoisotopic (exact) mass is 274 g/mol. The first kappa shape index (κ1) is 13.2. The van der Waals surface area contributed by atoms with E-state index >= 15 is 0 Å². The summed E-state index contributed by atoms with van der Waals surface area (Å²) < 4.78 is 12.9. The number of H-pyrrole nitrogens is 1. The molecular weight excluding hydrogens is 255 g/mol. The van der Waals surface area contributed by atoms with Gasteiger partial charge < -0.3 is 0 Å². The van der Waals surface area contributed by atoms with Gasteiger partial charge in [-0.1, -0.05) is 18.6 Å². The first-order chi connectivity index (χ1) is 9.83. The van der Waals surface area contributed by atoms with Crippen LogP contribution in [0.1, 0.15) is 36.6 Å². The Bertz CT molecular complexity index is 523. The summed E-state index contributed by atoms with van der Waals surface area (Å²) >= 11 is 0. The van der Waals surface area contributed by atoms with Crippen LogP contribution in [-0.4, -0.2) is 33.4 Å². The summed E-state index contributed by atoms with van der Waals surface area (Å²) in [6, 6.07) is 7.15. The van der Waals surface area contributed by atoms with Crippen LogP contribution in [0.4, 0.5) is 4.39 Å². The van der Waals surface area contributed by atoms with Crippen LogP contribution in [0.2, 0.25) is 0 Å². The van der Waals surface area contributed by atoms with Gasteiger partial charge in [0.15, 0.2) is 0 Å². The van der Waals surface area contributed by atoms with Gasteiger partial charge in [0.1, 0.15) is 5.82 Å². The highest BCUT2D eigenvalue weighted by molar-refractivity contribution is 5.16. The van der Waals surface area contributed by atoms with Gasteiger partial charge in [0, 0.05) is 6.54 Å². The topological polar surface area (TPSA) is 44.8 Å². The summed E-state index contributed by atoms with van der Waals surface area (Å²) in [5.74, 6) is -0.174. The Morgan fingerprint density at radius 3 is 2.85 bits per heavy atom. The van der Waals surface area contributed by atoms with Crippen molar-refractivity contribution in [1.82, 2.24) is 20.3 Å². The van der Waals surface area contributed by atoms with Crippen LogP contribution in [0, 0.1) is 5.82 Å². The first-order valence-electron chi connectivity index (χ1n) is 7.17. The Labute approximate surface area is 118 Å². The van der Waals surface area contributed by atoms with Crippen molar-refractivity contribution < 1.29 is 4.39 Å². The minimum absolute atomic E-state index is 0.174. The van der Waals surface area contributed by atoms with Gasteiger partial charge in [-0.25, -0.2) is 4.39 Å². The van der Waals surface area contributed by atoms with Crippen LogP contribution in [-0.2, 0) is 6.42 Å². The van der Waals surface area contributed by atoms with Crippen molar-refractivity contribution >= 4 is 0 Å². The van der Waals surface area contributed by atoms with E-state index < -0.39 is 0 Å². The summed E-state index contributed by atoms with van der Waals surface area (Å²) in [6.45, 7) is 2.07. The molecule has 0 amide bonds. The molecule has 1 unspecified atom stereocenters. The minimum Gasteiger partial charge on any atom is -0.294 e. The lowest BCUT2D eigenvalue weighted by molar-refractivity contribution is 0.147. The lowest BCUT2D eigenvalue weighted by atomic mass is 9.99. The molecule has 1 atom stereocenters. The average molecular weight is 274 g/mol. The molecule has 1 aromatic heterocycles. The van der Waals surface area contributed by atoms with Crippen LogP contribution < -0.4 is 0 Å². The van der Waals surface area contributed by atoms with Gasteiger partial charge in [-0.05, 0) is 43.5 Å². The molecule has 0 saturated carbocycles. The van der Waals surface area contributed by atoms with Crippen molar-refractivity contribution in [2.75, 3.05) is 13.1 Å². The molecule has 1 aromatic carbocycles. The molecule has 0 radical (unpaired) electrons. The summed E-state index contributed by atoms with van der Waals surface area (Å²) in [6.07, 6.45) is 6.37. The second-order valence-electron chi connectivity index (χ2n) is 5.32. The van der Waals surface area contributed by atoms with Crippen molar-refractivity contribution in [3.05, 3.63) is 47.5 Å². The highest BCUT2D eigenvalue weighted by Gasteiger charge is 2.25. The van der Waals surface area contributed by atoms with Gasteiger partial charge >= 0.3 is 0 Å². The number of nitrogens with zero attached hydrogens (tertiary/aromatic N) is 3. The lowest BCUT2D eigenvalue weighted by Gasteiger charge is -2.34. The van der Waals surface area contributed by atoms with E-state index in [-0.39, 0.29) is 5.82 Å². The predicted octanol–water partition coefficient (Wildman–Crippen LogP) is 2.71. The molecular formula is C15H19FN4. The van der Waals surface area contributed by atoms with Gasteiger partial charge in [0.2, 0.25) is 0 Å². The Kier molecular flexibility index (Phi) is 4.06. The van der Waals surface area contributed by atoms with E-state index in [1.54, 1.807) is 0 Å². The van der Waals surface area contributed by atoms with E-state index in [9.17, 15) is 4.39 Å². The van der Waals surface area contributed by atoms with Crippen LogP contribution in [0.5, 0.6) is 0 Å². The largest absolute Gasteiger partial charge is 0.294 e. The zero-order chi connectivity index (χ0) is 13.8. The molecule has 2 heterocycles. The van der Waals surface area contributed by atoms with Crippen molar-refractivity contribution in [3.8, 4) is 0 Å². The molecule has 1 fully saturated rings. The molecule has 2 aromatic rings. The predicted molar refractivity (Wildman–Crippen MR) is 74.7 cm³/mol. The van der Waals surface area contributed by atoms with Crippen molar-refractivity contribution in [3.63, 3.8) is 0 Å². The summed E-state index contributed by atoms with van der Waals surface area (Å²) in [7, 11) is 0. The van der Waals surface area contributed by atoms with E-state index in [0.717, 1.165) is 31.6 Å². The van der Waals surface area contributed by atoms with Crippen molar-refractivity contribution in [2.45, 2.75) is 31.7 Å². The van der Waals surface area contributed by atoms with Crippen LogP contribution in [0.25, 0.3) is 0 Å². The number of hydrogen-bond acceptors (Lipinski definition) is 3. The maximum absolute atomic E-state index is 12.9. The minimum atomic E-state index is -0.174. The molecule has 1 aliphatic rings. The molecule has 106 valence electrons. The third-order valence-corrected chi connectivity index (χ3v) is 3.99. The Hall–Kier alpha value is -1.75. The number of rotatable bonds is 4. The normalized spacial score (nSPS) is 20.1. The first-order valence-corrected chi connectivity index (χ1v) is 7.17. The fourth-order valence-corrected chi connectivity index (χ4v) is 2.89. The summed E-state index contributed by atoms with van der Waals surface area (Å²) in [5.41, 5.74) is 2.21. The van der Waals surface area contributed by atoms with Crippen LogP contribution >= 0.6 is 0 Å². The number of aromatic amines is 1. The number of aromatic nitrogens is 3. The Morgan fingerprint density at radius 1 is 1.25 bits per heavy atom. The van der Waals surface area contributed by atoms with E-state index in [1.807, 2.05) is 18.3 Å².